The van der Waals surface area contributed by atoms with Gasteiger partial charge in [-0.1, -0.05) is 41.5 Å². The molecule has 0 heterocycles. The zero-order valence-electron chi connectivity index (χ0n) is 24.0. The summed E-state index contributed by atoms with van der Waals surface area (Å²) in [5, 5.41) is 0. The van der Waals surface area contributed by atoms with E-state index in [4.69, 9.17) is 0 Å². The Kier molecular flexibility index (Phi) is 59.4. The van der Waals surface area contributed by atoms with Gasteiger partial charge in [0.05, 0.1) is 0 Å². The van der Waals surface area contributed by atoms with Crippen molar-refractivity contribution in [2.24, 2.45) is 10.8 Å². The normalized spacial score (nSPS) is 9.27. The van der Waals surface area contributed by atoms with E-state index in [0.29, 0.717) is 0 Å². The Morgan fingerprint density at radius 1 is 0.400 bits per heavy atom. The van der Waals surface area contributed by atoms with Crippen LogP contribution >= 0.6 is 0 Å². The van der Waals surface area contributed by atoms with Crippen molar-refractivity contribution in [2.75, 3.05) is 0 Å². The first kappa shape index (κ1) is 52.4. The molecule has 0 atom stereocenters. The molecule has 0 bridgehead atoms. The molecule has 0 amide bonds. The van der Waals surface area contributed by atoms with Gasteiger partial charge in [-0.2, -0.15) is 83.1 Å². The van der Waals surface area contributed by atoms with E-state index in [1.807, 2.05) is 54.1 Å². The summed E-state index contributed by atoms with van der Waals surface area (Å²) in [6.07, 6.45) is 3.71. The number of hydrogen-bond acceptors (Lipinski definition) is 2. The standard InChI is InChI=1S/2C5H9O.4C4H9.2Al/c2*1-5(2,3)4-6;4*1-4(2)3;;/h2*1-3H3;4*1-3H3;;/q6*-1;2*+3/i2*4+1;;;;;;. The van der Waals surface area contributed by atoms with Crippen LogP contribution in [-0.2, 0) is 9.59 Å². The van der Waals surface area contributed by atoms with Gasteiger partial charge in [0.1, 0.15) is 0 Å². The molecule has 0 aliphatic rings. The van der Waals surface area contributed by atoms with Gasteiger partial charge in [-0.3, -0.25) is 12.6 Å². The van der Waals surface area contributed by atoms with Crippen molar-refractivity contribution in [3.8, 4) is 0 Å². The van der Waals surface area contributed by atoms with Crippen LogP contribution in [0, 0.1) is 34.5 Å². The first-order valence-corrected chi connectivity index (χ1v) is 9.91. The van der Waals surface area contributed by atoms with E-state index in [-0.39, 0.29) is 45.6 Å². The smallest absolute Gasteiger partial charge is 0.541 e. The van der Waals surface area contributed by atoms with Crippen molar-refractivity contribution in [2.45, 2.75) is 125 Å². The molecule has 0 saturated carbocycles. The second-order valence-corrected chi connectivity index (χ2v) is 10.7. The zero-order valence-corrected chi connectivity index (χ0v) is 26.3. The summed E-state index contributed by atoms with van der Waals surface area (Å²) >= 11 is 0. The summed E-state index contributed by atoms with van der Waals surface area (Å²) < 4.78 is 0. The minimum atomic E-state index is -0.264. The Morgan fingerprint density at radius 2 is 0.433 bits per heavy atom. The van der Waals surface area contributed by atoms with Crippen LogP contribution in [0.3, 0.4) is 0 Å². The molecule has 0 saturated heterocycles. The Morgan fingerprint density at radius 3 is 0.433 bits per heavy atom. The second-order valence-electron chi connectivity index (χ2n) is 10.7. The van der Waals surface area contributed by atoms with E-state index in [1.54, 1.807) is 0 Å². The van der Waals surface area contributed by atoms with Gasteiger partial charge in [-0.05, 0) is 0 Å². The van der Waals surface area contributed by atoms with Gasteiger partial charge in [0.2, 0.25) is 0 Å². The summed E-state index contributed by atoms with van der Waals surface area (Å²) in [6, 6.07) is 0. The molecule has 0 aromatic carbocycles. The van der Waals surface area contributed by atoms with Crippen LogP contribution in [0.25, 0.3) is 0 Å². The van der Waals surface area contributed by atoms with Crippen LogP contribution in [0.4, 0.5) is 0 Å². The molecule has 0 N–H and O–H groups in total. The monoisotopic (exact) mass is 454 g/mol. The van der Waals surface area contributed by atoms with Crippen LogP contribution in [-0.4, -0.2) is 47.3 Å². The maximum Gasteiger partial charge on any atom is 3.00 e. The third kappa shape index (κ3) is 520. The molecule has 176 valence electrons. The van der Waals surface area contributed by atoms with Gasteiger partial charge in [0.25, 0.3) is 0 Å². The molecular formula is C26H54Al2O2. The maximum absolute atomic E-state index is 9.70. The molecule has 30 heavy (non-hydrogen) atoms. The van der Waals surface area contributed by atoms with Crippen molar-refractivity contribution >= 4 is 47.3 Å². The first-order valence-electron chi connectivity index (χ1n) is 9.91. The molecule has 4 heteroatoms. The molecular weight excluding hydrogens is 400 g/mol. The predicted molar refractivity (Wildman–Crippen MR) is 143 cm³/mol. The van der Waals surface area contributed by atoms with Crippen molar-refractivity contribution in [3.63, 3.8) is 0 Å². The molecule has 2 nitrogen and oxygen atoms in total. The van der Waals surface area contributed by atoms with Gasteiger partial charge in [0, 0.05) is 0 Å². The Hall–Kier alpha value is 0.405. The van der Waals surface area contributed by atoms with Crippen LogP contribution in [0.2, 0.25) is 0 Å². The summed E-state index contributed by atoms with van der Waals surface area (Å²) in [4.78, 5) is 19.4. The topological polar surface area (TPSA) is 34.1 Å². The number of rotatable bonds is 0. The Bertz CT molecular complexity index is 231. The van der Waals surface area contributed by atoms with Gasteiger partial charge in [0.15, 0.2) is 0 Å². The SMILES string of the molecule is CC(C)(C)[13C-]=O.CC(C)(C)[13C-]=O.C[C-](C)C.C[C-](C)C.C[C-](C)C.C[C-](C)C.[Al+3].[Al+3]. The minimum Gasteiger partial charge on any atom is -0.541 e. The van der Waals surface area contributed by atoms with Crippen molar-refractivity contribution in [1.82, 2.24) is 0 Å². The van der Waals surface area contributed by atoms with Gasteiger partial charge < -0.3 is 33.3 Å². The van der Waals surface area contributed by atoms with E-state index in [1.165, 1.54) is 23.7 Å². The van der Waals surface area contributed by atoms with Crippen molar-refractivity contribution in [1.29, 1.82) is 0 Å². The second kappa shape index (κ2) is 34.0. The summed E-state index contributed by atoms with van der Waals surface area (Å²) in [5.41, 5.74) is -0.528. The van der Waals surface area contributed by atoms with Crippen molar-refractivity contribution in [3.05, 3.63) is 23.7 Å². The average Bonchev–Trinajstić information content (AvgIpc) is 2.35. The molecule has 0 aromatic heterocycles. The predicted octanol–water partition coefficient (Wildman–Crippen LogP) is 8.01. The van der Waals surface area contributed by atoms with Crippen LogP contribution in [0.5, 0.6) is 0 Å². The summed E-state index contributed by atoms with van der Waals surface area (Å²) in [5.74, 6) is 5.67. The van der Waals surface area contributed by atoms with Gasteiger partial charge >= 0.3 is 34.7 Å². The van der Waals surface area contributed by atoms with Crippen LogP contribution in [0.1, 0.15) is 125 Å². The third-order valence-electron chi connectivity index (χ3n) is 0.612. The van der Waals surface area contributed by atoms with Crippen LogP contribution < -0.4 is 0 Å². The van der Waals surface area contributed by atoms with Crippen molar-refractivity contribution < 1.29 is 9.59 Å². The molecule has 0 spiro atoms. The van der Waals surface area contributed by atoms with E-state index >= 15 is 0 Å². The van der Waals surface area contributed by atoms with E-state index < -0.39 is 0 Å². The molecule has 0 aliphatic heterocycles. The Balaban J connectivity index is -0.0000000322. The fraction of sp³-hybridized carbons (Fsp3) is 0.769. The van der Waals surface area contributed by atoms with Gasteiger partial charge in [-0.15, -0.1) is 10.8 Å². The fourth-order valence-corrected chi connectivity index (χ4v) is 0. The minimum absolute atomic E-state index is 0. The fourth-order valence-electron chi connectivity index (χ4n) is 0. The van der Waals surface area contributed by atoms with Crippen LogP contribution in [0.15, 0.2) is 0 Å². The average molecular weight is 455 g/mol. The molecule has 0 rings (SSSR count). The summed E-state index contributed by atoms with van der Waals surface area (Å²) in [7, 11) is 0. The number of carbonyl (C=O) groups excluding carboxylic acids is 2. The zero-order chi connectivity index (χ0) is 24.7. The van der Waals surface area contributed by atoms with E-state index in [2.05, 4.69) is 83.1 Å². The molecule has 0 aliphatic carbocycles. The molecule has 0 unspecified atom stereocenters. The Labute approximate surface area is 215 Å². The number of hydrogen-bond donors (Lipinski definition) is 0. The molecule has 0 aromatic rings. The summed E-state index contributed by atoms with van der Waals surface area (Å²) in [6.45, 7) is 35.9. The first-order chi connectivity index (χ1) is 12.0. The largest absolute Gasteiger partial charge is 3.00 e. The molecule has 0 radical (unpaired) electrons. The van der Waals surface area contributed by atoms with E-state index in [0.717, 1.165) is 0 Å². The maximum atomic E-state index is 9.70. The van der Waals surface area contributed by atoms with Gasteiger partial charge in [-0.25, -0.2) is 0 Å². The molecule has 0 fully saturated rings. The third-order valence-corrected chi connectivity index (χ3v) is 0.612. The van der Waals surface area contributed by atoms with E-state index in [9.17, 15) is 9.59 Å². The quantitative estimate of drug-likeness (QED) is 0.211.